The van der Waals surface area contributed by atoms with E-state index >= 15 is 0 Å². The van der Waals surface area contributed by atoms with Crippen molar-refractivity contribution >= 4 is 17.2 Å². The molecular formula is C15H15N3OS. The van der Waals surface area contributed by atoms with Gasteiger partial charge in [0.05, 0.1) is 23.0 Å². The Morgan fingerprint density at radius 3 is 3.15 bits per heavy atom. The number of hydrogen-bond acceptors (Lipinski definition) is 4. The molecular weight excluding hydrogens is 270 g/mol. The van der Waals surface area contributed by atoms with Crippen molar-refractivity contribution in [2.24, 2.45) is 5.73 Å². The van der Waals surface area contributed by atoms with Gasteiger partial charge >= 0.3 is 0 Å². The highest BCUT2D eigenvalue weighted by Crippen LogP contribution is 2.16. The number of pyridine rings is 1. The quantitative estimate of drug-likeness (QED) is 0.847. The molecule has 3 N–H and O–H groups in total. The van der Waals surface area contributed by atoms with Gasteiger partial charge in [0.25, 0.3) is 5.91 Å². The summed E-state index contributed by atoms with van der Waals surface area (Å²) in [5, 5.41) is 4.73. The van der Waals surface area contributed by atoms with E-state index in [4.69, 9.17) is 5.73 Å². The first-order valence-electron chi connectivity index (χ1n) is 6.19. The van der Waals surface area contributed by atoms with Crippen molar-refractivity contribution in [3.8, 4) is 11.8 Å². The Kier molecular flexibility index (Phi) is 4.88. The van der Waals surface area contributed by atoms with Gasteiger partial charge in [0, 0.05) is 17.8 Å². The summed E-state index contributed by atoms with van der Waals surface area (Å²) in [6.07, 6.45) is 3.45. The SMILES string of the molecule is CC(NC(=O)c1csc(C#CCN)c1)c1cccnc1. The molecule has 2 heterocycles. The number of carbonyl (C=O) groups is 1. The van der Waals surface area contributed by atoms with Gasteiger partial charge in [-0.1, -0.05) is 17.9 Å². The summed E-state index contributed by atoms with van der Waals surface area (Å²) in [5.41, 5.74) is 6.91. The van der Waals surface area contributed by atoms with Gasteiger partial charge in [-0.3, -0.25) is 9.78 Å². The monoisotopic (exact) mass is 285 g/mol. The second kappa shape index (κ2) is 6.85. The van der Waals surface area contributed by atoms with Crippen LogP contribution in [0.15, 0.2) is 36.0 Å². The molecule has 0 fully saturated rings. The second-order valence-electron chi connectivity index (χ2n) is 4.19. The largest absolute Gasteiger partial charge is 0.345 e. The number of nitrogens with zero attached hydrogens (tertiary/aromatic N) is 1. The predicted octanol–water partition coefficient (Wildman–Crippen LogP) is 1.94. The summed E-state index contributed by atoms with van der Waals surface area (Å²) in [4.78, 5) is 17.0. The van der Waals surface area contributed by atoms with E-state index in [2.05, 4.69) is 22.1 Å². The van der Waals surface area contributed by atoms with Gasteiger partial charge in [-0.15, -0.1) is 11.3 Å². The Morgan fingerprint density at radius 2 is 2.45 bits per heavy atom. The van der Waals surface area contributed by atoms with E-state index in [9.17, 15) is 4.79 Å². The number of thiophene rings is 1. The molecule has 2 aromatic rings. The molecule has 0 aromatic carbocycles. The Labute approximate surface area is 122 Å². The standard InChI is InChI=1S/C15H15N3OS/c1-11(12-4-3-7-17-9-12)18-15(19)13-8-14(20-10-13)5-2-6-16/h3-4,7-11H,6,16H2,1H3,(H,18,19). The molecule has 1 amide bonds. The number of amides is 1. The van der Waals surface area contributed by atoms with Crippen LogP contribution in [0.1, 0.15) is 33.8 Å². The molecule has 5 heteroatoms. The normalized spacial score (nSPS) is 11.3. The fourth-order valence-corrected chi connectivity index (χ4v) is 2.41. The van der Waals surface area contributed by atoms with Crippen LogP contribution < -0.4 is 11.1 Å². The fraction of sp³-hybridized carbons (Fsp3) is 0.200. The van der Waals surface area contributed by atoms with Crippen LogP contribution in [0, 0.1) is 11.8 Å². The number of nitrogens with two attached hydrogens (primary N) is 1. The highest BCUT2D eigenvalue weighted by atomic mass is 32.1. The molecule has 4 nitrogen and oxygen atoms in total. The third kappa shape index (κ3) is 3.67. The summed E-state index contributed by atoms with van der Waals surface area (Å²) >= 11 is 1.44. The second-order valence-corrected chi connectivity index (χ2v) is 5.10. The van der Waals surface area contributed by atoms with Gasteiger partial charge in [-0.05, 0) is 24.6 Å². The number of nitrogens with one attached hydrogen (secondary N) is 1. The Bertz CT molecular complexity index is 640. The predicted molar refractivity (Wildman–Crippen MR) is 80.4 cm³/mol. The van der Waals surface area contributed by atoms with Crippen molar-refractivity contribution in [1.82, 2.24) is 10.3 Å². The van der Waals surface area contributed by atoms with Crippen LogP contribution in [-0.4, -0.2) is 17.4 Å². The van der Waals surface area contributed by atoms with Crippen molar-refractivity contribution in [3.63, 3.8) is 0 Å². The van der Waals surface area contributed by atoms with Crippen LogP contribution in [0.2, 0.25) is 0 Å². The van der Waals surface area contributed by atoms with Crippen molar-refractivity contribution in [2.45, 2.75) is 13.0 Å². The highest BCUT2D eigenvalue weighted by Gasteiger charge is 2.12. The smallest absolute Gasteiger partial charge is 0.252 e. The molecule has 2 rings (SSSR count). The minimum atomic E-state index is -0.113. The molecule has 0 aliphatic heterocycles. The van der Waals surface area contributed by atoms with Gasteiger partial charge in [0.15, 0.2) is 0 Å². The summed E-state index contributed by atoms with van der Waals surface area (Å²) in [6.45, 7) is 2.24. The molecule has 2 aromatic heterocycles. The molecule has 0 saturated heterocycles. The molecule has 0 aliphatic carbocycles. The molecule has 102 valence electrons. The van der Waals surface area contributed by atoms with Crippen LogP contribution in [0.25, 0.3) is 0 Å². The Hall–Kier alpha value is -2.16. The lowest BCUT2D eigenvalue weighted by Gasteiger charge is -2.12. The fourth-order valence-electron chi connectivity index (χ4n) is 1.65. The maximum Gasteiger partial charge on any atom is 0.252 e. The topological polar surface area (TPSA) is 68.0 Å². The van der Waals surface area contributed by atoms with Gasteiger partial charge < -0.3 is 11.1 Å². The van der Waals surface area contributed by atoms with E-state index in [0.29, 0.717) is 12.1 Å². The lowest BCUT2D eigenvalue weighted by Crippen LogP contribution is -2.26. The molecule has 0 radical (unpaired) electrons. The number of hydrogen-bond donors (Lipinski definition) is 2. The summed E-state index contributed by atoms with van der Waals surface area (Å²) in [6, 6.07) is 5.47. The average molecular weight is 285 g/mol. The van der Waals surface area contributed by atoms with E-state index in [1.807, 2.05) is 19.1 Å². The summed E-state index contributed by atoms with van der Waals surface area (Å²) in [5.74, 6) is 5.58. The third-order valence-electron chi connectivity index (χ3n) is 2.71. The molecule has 1 unspecified atom stereocenters. The van der Waals surface area contributed by atoms with Crippen molar-refractivity contribution in [2.75, 3.05) is 6.54 Å². The van der Waals surface area contributed by atoms with E-state index in [0.717, 1.165) is 10.4 Å². The first kappa shape index (κ1) is 14.3. The molecule has 20 heavy (non-hydrogen) atoms. The molecule has 0 saturated carbocycles. The summed E-state index contributed by atoms with van der Waals surface area (Å²) in [7, 11) is 0. The van der Waals surface area contributed by atoms with Crippen LogP contribution in [0.3, 0.4) is 0 Å². The van der Waals surface area contributed by atoms with Crippen molar-refractivity contribution in [3.05, 3.63) is 52.0 Å². The first-order chi connectivity index (χ1) is 9.70. The Morgan fingerprint density at radius 1 is 1.60 bits per heavy atom. The molecule has 0 bridgehead atoms. The third-order valence-corrected chi connectivity index (χ3v) is 3.55. The lowest BCUT2D eigenvalue weighted by atomic mass is 10.1. The molecule has 1 atom stereocenters. The van der Waals surface area contributed by atoms with Gasteiger partial charge in [0.2, 0.25) is 0 Å². The maximum atomic E-state index is 12.1. The van der Waals surface area contributed by atoms with Crippen molar-refractivity contribution < 1.29 is 4.79 Å². The molecule has 0 spiro atoms. The zero-order valence-corrected chi connectivity index (χ0v) is 11.9. The first-order valence-corrected chi connectivity index (χ1v) is 7.07. The summed E-state index contributed by atoms with van der Waals surface area (Å²) < 4.78 is 0. The minimum Gasteiger partial charge on any atom is -0.345 e. The van der Waals surface area contributed by atoms with E-state index in [1.165, 1.54) is 11.3 Å². The van der Waals surface area contributed by atoms with Gasteiger partial charge in [0.1, 0.15) is 0 Å². The van der Waals surface area contributed by atoms with Gasteiger partial charge in [-0.25, -0.2) is 0 Å². The maximum absolute atomic E-state index is 12.1. The van der Waals surface area contributed by atoms with E-state index in [1.54, 1.807) is 23.8 Å². The number of rotatable bonds is 3. The highest BCUT2D eigenvalue weighted by molar-refractivity contribution is 7.10. The van der Waals surface area contributed by atoms with Crippen LogP contribution in [-0.2, 0) is 0 Å². The van der Waals surface area contributed by atoms with E-state index < -0.39 is 0 Å². The van der Waals surface area contributed by atoms with Crippen LogP contribution in [0.5, 0.6) is 0 Å². The number of aromatic nitrogens is 1. The van der Waals surface area contributed by atoms with Crippen LogP contribution >= 0.6 is 11.3 Å². The van der Waals surface area contributed by atoms with Gasteiger partial charge in [-0.2, -0.15) is 0 Å². The molecule has 0 aliphatic rings. The minimum absolute atomic E-state index is 0.0883. The zero-order valence-electron chi connectivity index (χ0n) is 11.1. The zero-order chi connectivity index (χ0) is 14.4. The van der Waals surface area contributed by atoms with E-state index in [-0.39, 0.29) is 11.9 Å². The van der Waals surface area contributed by atoms with Crippen molar-refractivity contribution in [1.29, 1.82) is 0 Å². The van der Waals surface area contributed by atoms with Crippen LogP contribution in [0.4, 0.5) is 0 Å². The lowest BCUT2D eigenvalue weighted by molar-refractivity contribution is 0.0940. The Balaban J connectivity index is 2.03. The number of carbonyl (C=O) groups excluding carboxylic acids is 1. The average Bonchev–Trinajstić information content (AvgIpc) is 2.95.